The zero-order chi connectivity index (χ0) is 16.9. The normalized spacial score (nSPS) is 16.8. The molecule has 2 heterocycles. The quantitative estimate of drug-likeness (QED) is 0.911. The topological polar surface area (TPSA) is 79.7 Å². The van der Waals surface area contributed by atoms with E-state index in [1.807, 2.05) is 12.1 Å². The number of hydrogen-bond donors (Lipinski definition) is 1. The van der Waals surface area contributed by atoms with Crippen LogP contribution in [0.2, 0.25) is 0 Å². The SMILES string of the molecule is O=C(O)[C@H]1CCN(C(=O)c2cccc(OCc3cccnc3)c2)C1. The number of hydrogen-bond acceptors (Lipinski definition) is 4. The van der Waals surface area contributed by atoms with Gasteiger partial charge in [-0.3, -0.25) is 14.6 Å². The van der Waals surface area contributed by atoms with Crippen molar-refractivity contribution in [1.29, 1.82) is 0 Å². The monoisotopic (exact) mass is 326 g/mol. The summed E-state index contributed by atoms with van der Waals surface area (Å²) in [4.78, 5) is 29.1. The zero-order valence-corrected chi connectivity index (χ0v) is 13.1. The molecule has 1 N–H and O–H groups in total. The van der Waals surface area contributed by atoms with Crippen molar-refractivity contribution in [2.75, 3.05) is 13.1 Å². The Morgan fingerprint density at radius 1 is 1.29 bits per heavy atom. The van der Waals surface area contributed by atoms with Gasteiger partial charge in [0.1, 0.15) is 12.4 Å². The molecule has 24 heavy (non-hydrogen) atoms. The molecule has 1 atom stereocenters. The Labute approximate surface area is 139 Å². The van der Waals surface area contributed by atoms with E-state index < -0.39 is 11.9 Å². The van der Waals surface area contributed by atoms with Gasteiger partial charge in [-0.2, -0.15) is 0 Å². The third-order valence-electron chi connectivity index (χ3n) is 4.03. The standard InChI is InChI=1S/C18H18N2O4/c21-17(20-8-6-15(11-20)18(22)23)14-4-1-5-16(9-14)24-12-13-3-2-7-19-10-13/h1-5,7,9-10,15H,6,8,11-12H2,(H,22,23)/t15-/m0/s1. The summed E-state index contributed by atoms with van der Waals surface area (Å²) in [6.45, 7) is 1.10. The first-order valence-electron chi connectivity index (χ1n) is 7.77. The van der Waals surface area contributed by atoms with Crippen molar-refractivity contribution >= 4 is 11.9 Å². The van der Waals surface area contributed by atoms with Crippen molar-refractivity contribution in [2.24, 2.45) is 5.92 Å². The number of carbonyl (C=O) groups is 2. The number of aliphatic carboxylic acids is 1. The highest BCUT2D eigenvalue weighted by molar-refractivity contribution is 5.95. The minimum Gasteiger partial charge on any atom is -0.489 e. The molecule has 1 aliphatic heterocycles. The van der Waals surface area contributed by atoms with Gasteiger partial charge < -0.3 is 14.7 Å². The average Bonchev–Trinajstić information content (AvgIpc) is 3.11. The average molecular weight is 326 g/mol. The van der Waals surface area contributed by atoms with Crippen molar-refractivity contribution in [1.82, 2.24) is 9.88 Å². The predicted octanol–water partition coefficient (Wildman–Crippen LogP) is 2.21. The van der Waals surface area contributed by atoms with E-state index in [1.165, 1.54) is 0 Å². The van der Waals surface area contributed by atoms with Gasteiger partial charge in [-0.05, 0) is 30.7 Å². The van der Waals surface area contributed by atoms with E-state index in [1.54, 1.807) is 41.6 Å². The maximum Gasteiger partial charge on any atom is 0.308 e. The van der Waals surface area contributed by atoms with E-state index in [9.17, 15) is 9.59 Å². The molecule has 0 spiro atoms. The number of rotatable bonds is 5. The second-order valence-corrected chi connectivity index (χ2v) is 5.75. The van der Waals surface area contributed by atoms with Crippen molar-refractivity contribution in [3.05, 3.63) is 59.9 Å². The number of likely N-dealkylation sites (tertiary alicyclic amines) is 1. The van der Waals surface area contributed by atoms with Gasteiger partial charge in [0.15, 0.2) is 0 Å². The van der Waals surface area contributed by atoms with Gasteiger partial charge in [0.05, 0.1) is 5.92 Å². The maximum atomic E-state index is 12.5. The number of benzene rings is 1. The Kier molecular flexibility index (Phi) is 4.74. The van der Waals surface area contributed by atoms with Crippen molar-refractivity contribution < 1.29 is 19.4 Å². The van der Waals surface area contributed by atoms with Crippen molar-refractivity contribution in [3.63, 3.8) is 0 Å². The molecule has 0 bridgehead atoms. The lowest BCUT2D eigenvalue weighted by Crippen LogP contribution is -2.29. The fourth-order valence-corrected chi connectivity index (χ4v) is 2.70. The van der Waals surface area contributed by atoms with Crippen LogP contribution in [0.3, 0.4) is 0 Å². The summed E-state index contributed by atoms with van der Waals surface area (Å²) in [6.07, 6.45) is 3.92. The van der Waals surface area contributed by atoms with E-state index >= 15 is 0 Å². The highest BCUT2D eigenvalue weighted by atomic mass is 16.5. The minimum atomic E-state index is -0.848. The summed E-state index contributed by atoms with van der Waals surface area (Å²) in [5.41, 5.74) is 1.45. The zero-order valence-electron chi connectivity index (χ0n) is 13.1. The van der Waals surface area contributed by atoms with Gasteiger partial charge >= 0.3 is 5.97 Å². The van der Waals surface area contributed by atoms with Crippen LogP contribution < -0.4 is 4.74 Å². The molecule has 1 aliphatic rings. The Bertz CT molecular complexity index is 733. The van der Waals surface area contributed by atoms with Gasteiger partial charge in [0, 0.05) is 36.6 Å². The molecule has 1 fully saturated rings. The van der Waals surface area contributed by atoms with Gasteiger partial charge in [-0.25, -0.2) is 0 Å². The van der Waals surface area contributed by atoms with Crippen LogP contribution >= 0.6 is 0 Å². The summed E-state index contributed by atoms with van der Waals surface area (Å²) < 4.78 is 5.70. The second kappa shape index (κ2) is 7.12. The number of pyridine rings is 1. The maximum absolute atomic E-state index is 12.5. The Morgan fingerprint density at radius 2 is 2.17 bits per heavy atom. The molecule has 1 aromatic carbocycles. The van der Waals surface area contributed by atoms with Gasteiger partial charge in [-0.15, -0.1) is 0 Å². The van der Waals surface area contributed by atoms with Crippen molar-refractivity contribution in [2.45, 2.75) is 13.0 Å². The van der Waals surface area contributed by atoms with E-state index in [4.69, 9.17) is 9.84 Å². The molecule has 1 saturated heterocycles. The lowest BCUT2D eigenvalue weighted by Gasteiger charge is -2.16. The van der Waals surface area contributed by atoms with Gasteiger partial charge in [0.2, 0.25) is 0 Å². The Morgan fingerprint density at radius 3 is 2.88 bits per heavy atom. The van der Waals surface area contributed by atoms with Crippen LogP contribution in [0.15, 0.2) is 48.8 Å². The molecule has 6 nitrogen and oxygen atoms in total. The largest absolute Gasteiger partial charge is 0.489 e. The van der Waals surface area contributed by atoms with Crippen LogP contribution in [0.25, 0.3) is 0 Å². The molecule has 2 aromatic rings. The van der Waals surface area contributed by atoms with Crippen LogP contribution in [-0.4, -0.2) is 40.0 Å². The molecule has 0 radical (unpaired) electrons. The molecule has 0 aliphatic carbocycles. The van der Waals surface area contributed by atoms with Crippen LogP contribution in [0, 0.1) is 5.92 Å². The number of carboxylic acid groups (broad SMARTS) is 1. The number of carboxylic acids is 1. The molecular weight excluding hydrogens is 308 g/mol. The summed E-state index contributed by atoms with van der Waals surface area (Å²) in [5, 5.41) is 9.04. The van der Waals surface area contributed by atoms with E-state index in [-0.39, 0.29) is 12.5 Å². The number of ether oxygens (including phenoxy) is 1. The number of nitrogens with zero attached hydrogens (tertiary/aromatic N) is 2. The smallest absolute Gasteiger partial charge is 0.308 e. The Balaban J connectivity index is 1.64. The molecule has 1 amide bonds. The highest BCUT2D eigenvalue weighted by Gasteiger charge is 2.31. The lowest BCUT2D eigenvalue weighted by atomic mass is 10.1. The van der Waals surface area contributed by atoms with Crippen LogP contribution in [0.5, 0.6) is 5.75 Å². The predicted molar refractivity (Wildman–Crippen MR) is 86.7 cm³/mol. The van der Waals surface area contributed by atoms with E-state index in [0.717, 1.165) is 5.56 Å². The molecule has 1 aromatic heterocycles. The molecule has 6 heteroatoms. The molecule has 0 unspecified atom stereocenters. The van der Waals surface area contributed by atoms with E-state index in [0.29, 0.717) is 30.9 Å². The summed E-state index contributed by atoms with van der Waals surface area (Å²) >= 11 is 0. The Hall–Kier alpha value is -2.89. The first kappa shape index (κ1) is 16.0. The summed E-state index contributed by atoms with van der Waals surface area (Å²) in [7, 11) is 0. The number of amides is 1. The van der Waals surface area contributed by atoms with E-state index in [2.05, 4.69) is 4.98 Å². The molecule has 124 valence electrons. The lowest BCUT2D eigenvalue weighted by molar-refractivity contribution is -0.141. The third kappa shape index (κ3) is 3.71. The first-order chi connectivity index (χ1) is 11.6. The summed E-state index contributed by atoms with van der Waals surface area (Å²) in [6, 6.07) is 10.7. The minimum absolute atomic E-state index is 0.162. The van der Waals surface area contributed by atoms with Gasteiger partial charge in [-0.1, -0.05) is 12.1 Å². The van der Waals surface area contributed by atoms with Gasteiger partial charge in [0.25, 0.3) is 5.91 Å². The molecule has 0 saturated carbocycles. The number of aromatic nitrogens is 1. The van der Waals surface area contributed by atoms with Crippen LogP contribution in [0.4, 0.5) is 0 Å². The molecular formula is C18H18N2O4. The fraction of sp³-hybridized carbons (Fsp3) is 0.278. The first-order valence-corrected chi connectivity index (χ1v) is 7.77. The number of carbonyl (C=O) groups excluding carboxylic acids is 1. The highest BCUT2D eigenvalue weighted by Crippen LogP contribution is 2.21. The van der Waals surface area contributed by atoms with Crippen molar-refractivity contribution in [3.8, 4) is 5.75 Å². The second-order valence-electron chi connectivity index (χ2n) is 5.75. The summed E-state index contributed by atoms with van der Waals surface area (Å²) in [5.74, 6) is -0.887. The van der Waals surface area contributed by atoms with Crippen LogP contribution in [-0.2, 0) is 11.4 Å². The molecule has 3 rings (SSSR count). The third-order valence-corrected chi connectivity index (χ3v) is 4.03. The fourth-order valence-electron chi connectivity index (χ4n) is 2.70. The van der Waals surface area contributed by atoms with Crippen LogP contribution in [0.1, 0.15) is 22.3 Å².